The normalized spacial score (nSPS) is 18.0. The molecule has 1 atom stereocenters. The van der Waals surface area contributed by atoms with Crippen LogP contribution in [0.5, 0.6) is 0 Å². The lowest BCUT2D eigenvalue weighted by atomic mass is 9.97. The molecule has 158 valence electrons. The average Bonchev–Trinajstić information content (AvgIpc) is 3.60. The van der Waals surface area contributed by atoms with Gasteiger partial charge in [0.1, 0.15) is 0 Å². The lowest BCUT2D eigenvalue weighted by molar-refractivity contribution is -0.117. The van der Waals surface area contributed by atoms with E-state index < -0.39 is 0 Å². The summed E-state index contributed by atoms with van der Waals surface area (Å²) in [4.78, 5) is 27.8. The number of carbonyl (C=O) groups is 2. The Balaban J connectivity index is 1.57. The molecule has 30 heavy (non-hydrogen) atoms. The zero-order valence-electron chi connectivity index (χ0n) is 17.9. The smallest absolute Gasteiger partial charge is 0.253 e. The third-order valence-corrected chi connectivity index (χ3v) is 6.23. The quantitative estimate of drug-likeness (QED) is 0.728. The number of hydrogen-bond acceptors (Lipinski definition) is 3. The van der Waals surface area contributed by atoms with Crippen LogP contribution in [0.1, 0.15) is 61.5 Å². The lowest BCUT2D eigenvalue weighted by Crippen LogP contribution is -2.35. The highest BCUT2D eigenvalue weighted by Crippen LogP contribution is 2.32. The van der Waals surface area contributed by atoms with Gasteiger partial charge in [0.25, 0.3) is 5.91 Å². The van der Waals surface area contributed by atoms with E-state index in [1.807, 2.05) is 55.5 Å². The van der Waals surface area contributed by atoms with Gasteiger partial charge >= 0.3 is 0 Å². The summed E-state index contributed by atoms with van der Waals surface area (Å²) < 4.78 is 0. The zero-order valence-corrected chi connectivity index (χ0v) is 17.9. The van der Waals surface area contributed by atoms with Gasteiger partial charge in [0.15, 0.2) is 0 Å². The van der Waals surface area contributed by atoms with E-state index in [1.165, 1.54) is 0 Å². The van der Waals surface area contributed by atoms with Crippen LogP contribution in [0.3, 0.4) is 0 Å². The van der Waals surface area contributed by atoms with E-state index in [0.29, 0.717) is 17.2 Å². The predicted octanol–water partition coefficient (Wildman–Crippen LogP) is 4.76. The topological polar surface area (TPSA) is 61.4 Å². The number of amides is 2. The van der Waals surface area contributed by atoms with Crippen molar-refractivity contribution in [3.8, 4) is 0 Å². The predicted molar refractivity (Wildman–Crippen MR) is 121 cm³/mol. The van der Waals surface area contributed by atoms with Crippen molar-refractivity contribution >= 4 is 23.2 Å². The van der Waals surface area contributed by atoms with Crippen LogP contribution < -0.4 is 15.5 Å². The molecule has 2 aromatic carbocycles. The fourth-order valence-electron chi connectivity index (χ4n) is 4.01. The van der Waals surface area contributed by atoms with Gasteiger partial charge in [0, 0.05) is 30.4 Å². The highest BCUT2D eigenvalue weighted by atomic mass is 16.2. The van der Waals surface area contributed by atoms with Crippen molar-refractivity contribution in [1.82, 2.24) is 5.32 Å². The fraction of sp³-hybridized carbons (Fsp3) is 0.440. The van der Waals surface area contributed by atoms with Gasteiger partial charge in [-0.1, -0.05) is 37.3 Å². The first-order valence-corrected chi connectivity index (χ1v) is 11.1. The molecule has 4 rings (SSSR count). The Morgan fingerprint density at radius 3 is 2.37 bits per heavy atom. The van der Waals surface area contributed by atoms with Crippen molar-refractivity contribution in [2.24, 2.45) is 11.8 Å². The van der Waals surface area contributed by atoms with Crippen molar-refractivity contribution < 1.29 is 9.59 Å². The third-order valence-electron chi connectivity index (χ3n) is 6.23. The Morgan fingerprint density at radius 2 is 1.70 bits per heavy atom. The Morgan fingerprint density at radius 1 is 1.00 bits per heavy atom. The number of piperidine rings is 1. The van der Waals surface area contributed by atoms with Gasteiger partial charge in [-0.3, -0.25) is 9.59 Å². The van der Waals surface area contributed by atoms with Crippen molar-refractivity contribution in [2.75, 3.05) is 23.3 Å². The number of nitrogens with one attached hydrogen (secondary N) is 2. The van der Waals surface area contributed by atoms with Crippen LogP contribution in [-0.2, 0) is 4.79 Å². The third kappa shape index (κ3) is 4.84. The molecule has 2 aromatic rings. The van der Waals surface area contributed by atoms with Crippen molar-refractivity contribution in [3.05, 3.63) is 59.7 Å². The number of benzene rings is 2. The van der Waals surface area contributed by atoms with Crippen LogP contribution in [0.2, 0.25) is 0 Å². The molecule has 5 nitrogen and oxygen atoms in total. The molecule has 2 amide bonds. The second-order valence-electron chi connectivity index (χ2n) is 8.77. The molecule has 5 heteroatoms. The maximum absolute atomic E-state index is 13.3. The van der Waals surface area contributed by atoms with Crippen LogP contribution in [0.25, 0.3) is 0 Å². The Bertz CT molecular complexity index is 900. The standard InChI is InChI=1S/C25H31N3O2/c1-17-12-14-28(15-13-17)23-11-10-21(27-24(29)20-8-9-20)16-22(23)25(30)26-18(2)19-6-4-3-5-7-19/h3-7,10-11,16-18,20H,8-9,12-15H2,1-2H3,(H,26,30)(H,27,29). The molecule has 2 N–H and O–H groups in total. The number of nitrogens with zero attached hydrogens (tertiary/aromatic N) is 1. The maximum atomic E-state index is 13.3. The minimum absolute atomic E-state index is 0.0542. The fourth-order valence-corrected chi connectivity index (χ4v) is 4.01. The monoisotopic (exact) mass is 405 g/mol. The van der Waals surface area contributed by atoms with E-state index in [-0.39, 0.29) is 23.8 Å². The van der Waals surface area contributed by atoms with E-state index in [4.69, 9.17) is 0 Å². The van der Waals surface area contributed by atoms with Crippen molar-refractivity contribution in [3.63, 3.8) is 0 Å². The van der Waals surface area contributed by atoms with E-state index >= 15 is 0 Å². The largest absolute Gasteiger partial charge is 0.371 e. The summed E-state index contributed by atoms with van der Waals surface area (Å²) in [5, 5.41) is 6.12. The van der Waals surface area contributed by atoms with E-state index in [9.17, 15) is 9.59 Å². The van der Waals surface area contributed by atoms with Crippen LogP contribution >= 0.6 is 0 Å². The summed E-state index contributed by atoms with van der Waals surface area (Å²) in [5.74, 6) is 0.790. The Labute approximate surface area is 178 Å². The van der Waals surface area contributed by atoms with E-state index in [0.717, 1.165) is 50.0 Å². The Hall–Kier alpha value is -2.82. The zero-order chi connectivity index (χ0) is 21.1. The summed E-state index contributed by atoms with van der Waals surface area (Å²) in [6.45, 7) is 6.17. The van der Waals surface area contributed by atoms with Crippen molar-refractivity contribution in [1.29, 1.82) is 0 Å². The number of rotatable bonds is 6. The molecule has 0 radical (unpaired) electrons. The van der Waals surface area contributed by atoms with Gasteiger partial charge in [-0.05, 0) is 62.3 Å². The highest BCUT2D eigenvalue weighted by molar-refractivity contribution is 6.02. The summed E-state index contributed by atoms with van der Waals surface area (Å²) >= 11 is 0. The summed E-state index contributed by atoms with van der Waals surface area (Å²) in [6, 6.07) is 15.6. The minimum atomic E-state index is -0.109. The molecular weight excluding hydrogens is 374 g/mol. The van der Waals surface area contributed by atoms with Crippen LogP contribution in [0.15, 0.2) is 48.5 Å². The van der Waals surface area contributed by atoms with Crippen LogP contribution in [0, 0.1) is 11.8 Å². The SMILES string of the molecule is CC1CCN(c2ccc(NC(=O)C3CC3)cc2C(=O)NC(C)c2ccccc2)CC1. The summed E-state index contributed by atoms with van der Waals surface area (Å²) in [6.07, 6.45) is 4.17. The van der Waals surface area contributed by atoms with Gasteiger partial charge in [-0.15, -0.1) is 0 Å². The molecular formula is C25H31N3O2. The molecule has 0 spiro atoms. The van der Waals surface area contributed by atoms with Crippen LogP contribution in [0.4, 0.5) is 11.4 Å². The summed E-state index contributed by atoms with van der Waals surface area (Å²) in [7, 11) is 0. The molecule has 2 fully saturated rings. The van der Waals surface area contributed by atoms with E-state index in [2.05, 4.69) is 22.5 Å². The lowest BCUT2D eigenvalue weighted by Gasteiger charge is -2.33. The van der Waals surface area contributed by atoms with Gasteiger partial charge in [0.05, 0.1) is 11.6 Å². The number of hydrogen-bond donors (Lipinski definition) is 2. The minimum Gasteiger partial charge on any atom is -0.371 e. The molecule has 1 heterocycles. The van der Waals surface area contributed by atoms with Crippen LogP contribution in [-0.4, -0.2) is 24.9 Å². The molecule has 1 saturated carbocycles. The molecule has 0 aromatic heterocycles. The molecule has 0 bridgehead atoms. The van der Waals surface area contributed by atoms with Gasteiger partial charge in [-0.25, -0.2) is 0 Å². The van der Waals surface area contributed by atoms with Gasteiger partial charge in [-0.2, -0.15) is 0 Å². The first kappa shape index (κ1) is 20.5. The van der Waals surface area contributed by atoms with E-state index in [1.54, 1.807) is 0 Å². The molecule has 1 aliphatic carbocycles. The first-order chi connectivity index (χ1) is 14.5. The van der Waals surface area contributed by atoms with Crippen molar-refractivity contribution in [2.45, 2.75) is 45.6 Å². The second-order valence-corrected chi connectivity index (χ2v) is 8.77. The van der Waals surface area contributed by atoms with Gasteiger partial charge in [0.2, 0.25) is 5.91 Å². The molecule has 1 unspecified atom stereocenters. The first-order valence-electron chi connectivity index (χ1n) is 11.1. The molecule has 1 aliphatic heterocycles. The Kier molecular flexibility index (Phi) is 6.07. The molecule has 2 aliphatic rings. The second kappa shape index (κ2) is 8.90. The molecule has 1 saturated heterocycles. The maximum Gasteiger partial charge on any atom is 0.253 e. The van der Waals surface area contributed by atoms with Gasteiger partial charge < -0.3 is 15.5 Å². The highest BCUT2D eigenvalue weighted by Gasteiger charge is 2.30. The summed E-state index contributed by atoms with van der Waals surface area (Å²) in [5.41, 5.74) is 3.33. The number of anilines is 2. The number of carbonyl (C=O) groups excluding carboxylic acids is 2. The average molecular weight is 406 g/mol.